The minimum absolute atomic E-state index is 0.0251. The van der Waals surface area contributed by atoms with Crippen LogP contribution in [0.4, 0.5) is 0 Å². The fourth-order valence-corrected chi connectivity index (χ4v) is 1.87. The van der Waals surface area contributed by atoms with Gasteiger partial charge in [0, 0.05) is 30.0 Å². The third-order valence-electron chi connectivity index (χ3n) is 2.67. The Balaban J connectivity index is 2.27. The van der Waals surface area contributed by atoms with Crippen LogP contribution in [-0.2, 0) is 6.54 Å². The third kappa shape index (κ3) is 3.40. The summed E-state index contributed by atoms with van der Waals surface area (Å²) in [6.07, 6.45) is 1.00. The Morgan fingerprint density at radius 2 is 2.36 bits per heavy atom. The number of thiophene rings is 1. The van der Waals surface area contributed by atoms with Gasteiger partial charge in [-0.25, -0.2) is 0 Å². The molecule has 0 aliphatic rings. The predicted octanol–water partition coefficient (Wildman–Crippen LogP) is 2.25. The van der Waals surface area contributed by atoms with Crippen LogP contribution in [0.1, 0.15) is 25.1 Å². The highest BCUT2D eigenvalue weighted by Gasteiger charge is 2.19. The van der Waals surface area contributed by atoms with Gasteiger partial charge >= 0.3 is 0 Å². The molecule has 0 fully saturated rings. The van der Waals surface area contributed by atoms with E-state index < -0.39 is 0 Å². The van der Waals surface area contributed by atoms with E-state index in [0.29, 0.717) is 0 Å². The molecule has 0 amide bonds. The summed E-state index contributed by atoms with van der Waals surface area (Å²) in [4.78, 5) is 1.35. The van der Waals surface area contributed by atoms with Crippen LogP contribution in [0, 0.1) is 5.41 Å². The first-order valence-corrected chi connectivity index (χ1v) is 5.92. The van der Waals surface area contributed by atoms with E-state index in [0.717, 1.165) is 19.5 Å². The van der Waals surface area contributed by atoms with Crippen molar-refractivity contribution in [3.05, 3.63) is 22.4 Å². The zero-order valence-electron chi connectivity index (χ0n) is 8.92. The van der Waals surface area contributed by atoms with Crippen LogP contribution in [-0.4, -0.2) is 18.3 Å². The van der Waals surface area contributed by atoms with Crippen molar-refractivity contribution < 1.29 is 5.11 Å². The summed E-state index contributed by atoms with van der Waals surface area (Å²) in [7, 11) is 0. The van der Waals surface area contributed by atoms with Crippen molar-refractivity contribution in [2.75, 3.05) is 13.2 Å². The zero-order chi connectivity index (χ0) is 10.4. The van der Waals surface area contributed by atoms with E-state index in [4.69, 9.17) is 0 Å². The second-order valence-electron chi connectivity index (χ2n) is 4.01. The molecule has 1 atom stereocenters. The van der Waals surface area contributed by atoms with Crippen molar-refractivity contribution in [1.82, 2.24) is 5.32 Å². The van der Waals surface area contributed by atoms with Crippen molar-refractivity contribution in [3.8, 4) is 0 Å². The summed E-state index contributed by atoms with van der Waals surface area (Å²) in [5.74, 6) is 0. The van der Waals surface area contributed by atoms with Gasteiger partial charge in [0.2, 0.25) is 0 Å². The zero-order valence-corrected chi connectivity index (χ0v) is 9.73. The van der Waals surface area contributed by atoms with Crippen LogP contribution in [0.2, 0.25) is 0 Å². The minimum Gasteiger partial charge on any atom is -0.396 e. The summed E-state index contributed by atoms with van der Waals surface area (Å²) in [6.45, 7) is 6.25. The van der Waals surface area contributed by atoms with Crippen LogP contribution in [0.5, 0.6) is 0 Å². The number of hydrogen-bond acceptors (Lipinski definition) is 3. The van der Waals surface area contributed by atoms with E-state index >= 15 is 0 Å². The first kappa shape index (κ1) is 11.7. The highest BCUT2D eigenvalue weighted by Crippen LogP contribution is 2.18. The molecule has 0 saturated carbocycles. The van der Waals surface area contributed by atoms with Gasteiger partial charge in [-0.05, 0) is 17.9 Å². The maximum Gasteiger partial charge on any atom is 0.0496 e. The van der Waals surface area contributed by atoms with Gasteiger partial charge in [-0.2, -0.15) is 0 Å². The standard InChI is InChI=1S/C11H19NOS/c1-3-11(2,9-13)8-12-7-10-5-4-6-14-10/h4-6,12-13H,3,7-9H2,1-2H3. The van der Waals surface area contributed by atoms with Gasteiger partial charge in [0.1, 0.15) is 0 Å². The Hall–Kier alpha value is -0.380. The molecule has 1 heterocycles. The van der Waals surface area contributed by atoms with Gasteiger partial charge in [0.15, 0.2) is 0 Å². The van der Waals surface area contributed by atoms with E-state index in [1.54, 1.807) is 11.3 Å². The molecule has 80 valence electrons. The molecular weight excluding hydrogens is 194 g/mol. The maximum absolute atomic E-state index is 9.21. The van der Waals surface area contributed by atoms with Crippen molar-refractivity contribution in [3.63, 3.8) is 0 Å². The predicted molar refractivity (Wildman–Crippen MR) is 61.5 cm³/mol. The third-order valence-corrected chi connectivity index (χ3v) is 3.54. The molecule has 0 radical (unpaired) electrons. The van der Waals surface area contributed by atoms with Crippen molar-refractivity contribution >= 4 is 11.3 Å². The summed E-state index contributed by atoms with van der Waals surface area (Å²) in [6, 6.07) is 4.19. The summed E-state index contributed by atoms with van der Waals surface area (Å²) >= 11 is 1.76. The molecule has 1 aromatic rings. The Morgan fingerprint density at radius 1 is 1.57 bits per heavy atom. The number of rotatable bonds is 6. The van der Waals surface area contributed by atoms with Gasteiger partial charge in [0.25, 0.3) is 0 Å². The van der Waals surface area contributed by atoms with E-state index in [2.05, 4.69) is 36.7 Å². The van der Waals surface area contributed by atoms with Gasteiger partial charge in [-0.15, -0.1) is 11.3 Å². The summed E-state index contributed by atoms with van der Waals surface area (Å²) < 4.78 is 0. The Labute approximate surface area is 90.0 Å². The number of hydrogen-bond donors (Lipinski definition) is 2. The van der Waals surface area contributed by atoms with Crippen LogP contribution < -0.4 is 5.32 Å². The number of aliphatic hydroxyl groups excluding tert-OH is 1. The Morgan fingerprint density at radius 3 is 2.86 bits per heavy atom. The monoisotopic (exact) mass is 213 g/mol. The molecule has 3 heteroatoms. The first-order valence-electron chi connectivity index (χ1n) is 5.04. The fourth-order valence-electron chi connectivity index (χ4n) is 1.19. The highest BCUT2D eigenvalue weighted by molar-refractivity contribution is 7.09. The van der Waals surface area contributed by atoms with E-state index in [9.17, 15) is 5.11 Å². The van der Waals surface area contributed by atoms with Crippen LogP contribution in [0.3, 0.4) is 0 Å². The number of nitrogens with one attached hydrogen (secondary N) is 1. The Kier molecular flexibility index (Phi) is 4.58. The average molecular weight is 213 g/mol. The van der Waals surface area contributed by atoms with Crippen LogP contribution >= 0.6 is 11.3 Å². The normalized spacial score (nSPS) is 15.4. The molecule has 0 aromatic carbocycles. The molecule has 2 N–H and O–H groups in total. The molecule has 2 nitrogen and oxygen atoms in total. The first-order chi connectivity index (χ1) is 6.70. The average Bonchev–Trinajstić information content (AvgIpc) is 2.70. The lowest BCUT2D eigenvalue weighted by molar-refractivity contribution is 0.135. The van der Waals surface area contributed by atoms with E-state index in [-0.39, 0.29) is 12.0 Å². The molecule has 0 bridgehead atoms. The maximum atomic E-state index is 9.21. The topological polar surface area (TPSA) is 32.3 Å². The quantitative estimate of drug-likeness (QED) is 0.759. The van der Waals surface area contributed by atoms with Gasteiger partial charge in [-0.3, -0.25) is 0 Å². The molecule has 1 aromatic heterocycles. The minimum atomic E-state index is 0.0251. The molecule has 0 aliphatic heterocycles. The molecule has 0 aliphatic carbocycles. The molecule has 0 saturated heterocycles. The van der Waals surface area contributed by atoms with Gasteiger partial charge in [0.05, 0.1) is 0 Å². The van der Waals surface area contributed by atoms with Crippen molar-refractivity contribution in [1.29, 1.82) is 0 Å². The van der Waals surface area contributed by atoms with Crippen LogP contribution in [0.15, 0.2) is 17.5 Å². The van der Waals surface area contributed by atoms with E-state index in [1.807, 2.05) is 0 Å². The smallest absolute Gasteiger partial charge is 0.0496 e. The largest absolute Gasteiger partial charge is 0.396 e. The van der Waals surface area contributed by atoms with Gasteiger partial charge in [-0.1, -0.05) is 19.9 Å². The number of aliphatic hydroxyl groups is 1. The van der Waals surface area contributed by atoms with E-state index in [1.165, 1.54) is 4.88 Å². The molecular formula is C11H19NOS. The molecule has 14 heavy (non-hydrogen) atoms. The second-order valence-corrected chi connectivity index (χ2v) is 5.04. The van der Waals surface area contributed by atoms with Gasteiger partial charge < -0.3 is 10.4 Å². The molecule has 1 unspecified atom stereocenters. The lowest BCUT2D eigenvalue weighted by atomic mass is 9.89. The van der Waals surface area contributed by atoms with Crippen molar-refractivity contribution in [2.24, 2.45) is 5.41 Å². The fraction of sp³-hybridized carbons (Fsp3) is 0.636. The molecule has 0 spiro atoms. The lowest BCUT2D eigenvalue weighted by Gasteiger charge is -2.25. The molecule has 1 rings (SSSR count). The Bertz CT molecular complexity index is 242. The SMILES string of the molecule is CCC(C)(CO)CNCc1cccs1. The summed E-state index contributed by atoms with van der Waals surface area (Å²) in [5, 5.41) is 14.7. The second kappa shape index (κ2) is 5.49. The van der Waals surface area contributed by atoms with Crippen LogP contribution in [0.25, 0.3) is 0 Å². The highest BCUT2D eigenvalue weighted by atomic mass is 32.1. The summed E-state index contributed by atoms with van der Waals surface area (Å²) in [5.41, 5.74) is 0.0251. The van der Waals surface area contributed by atoms with Crippen molar-refractivity contribution in [2.45, 2.75) is 26.8 Å². The lowest BCUT2D eigenvalue weighted by Crippen LogP contribution is -2.33.